The number of carbonyl (C=O) groups is 1. The van der Waals surface area contributed by atoms with Gasteiger partial charge in [0, 0.05) is 5.56 Å². The summed E-state index contributed by atoms with van der Waals surface area (Å²) in [4.78, 5) is 12.1. The lowest BCUT2D eigenvalue weighted by atomic mass is 9.88. The van der Waals surface area contributed by atoms with E-state index in [-0.39, 0.29) is 17.8 Å². The molecule has 0 radical (unpaired) electrons. The number of ether oxygens (including phenoxy) is 1. The van der Waals surface area contributed by atoms with Gasteiger partial charge in [0.05, 0.1) is 5.56 Å². The van der Waals surface area contributed by atoms with E-state index < -0.39 is 5.97 Å². The van der Waals surface area contributed by atoms with E-state index in [1.807, 2.05) is 19.1 Å². The summed E-state index contributed by atoms with van der Waals surface area (Å²) in [5, 5.41) is 19.8. The molecule has 0 heterocycles. The number of phenols is 2. The van der Waals surface area contributed by atoms with E-state index in [4.69, 9.17) is 4.74 Å². The van der Waals surface area contributed by atoms with Gasteiger partial charge in [-0.15, -0.1) is 0 Å². The Balaban J connectivity index is 1.76. The number of hydrogen-bond acceptors (Lipinski definition) is 4. The van der Waals surface area contributed by atoms with E-state index in [0.717, 1.165) is 42.4 Å². The Bertz CT molecular complexity index is 773. The quantitative estimate of drug-likeness (QED) is 0.755. The van der Waals surface area contributed by atoms with Crippen molar-refractivity contribution in [1.82, 2.24) is 0 Å². The van der Waals surface area contributed by atoms with Crippen molar-refractivity contribution in [2.75, 3.05) is 0 Å². The SMILES string of the molecule is CCCC1(c2cc(COC(=O)c3ccc(O)cc3)cc(C)c2O)CC1. The Labute approximate surface area is 148 Å². The summed E-state index contributed by atoms with van der Waals surface area (Å²) in [5.41, 5.74) is 3.19. The second kappa shape index (κ2) is 6.79. The first-order valence-corrected chi connectivity index (χ1v) is 8.74. The lowest BCUT2D eigenvalue weighted by Gasteiger charge is -2.19. The molecule has 4 nitrogen and oxygen atoms in total. The molecule has 0 bridgehead atoms. The van der Waals surface area contributed by atoms with Crippen molar-refractivity contribution >= 4 is 5.97 Å². The normalized spacial score (nSPS) is 15.0. The van der Waals surface area contributed by atoms with Crippen molar-refractivity contribution in [2.24, 2.45) is 0 Å². The first-order valence-electron chi connectivity index (χ1n) is 8.74. The highest BCUT2D eigenvalue weighted by atomic mass is 16.5. The fraction of sp³-hybridized carbons (Fsp3) is 0.381. The maximum absolute atomic E-state index is 12.1. The molecule has 0 amide bonds. The van der Waals surface area contributed by atoms with Crippen LogP contribution < -0.4 is 0 Å². The summed E-state index contributed by atoms with van der Waals surface area (Å²) >= 11 is 0. The highest BCUT2D eigenvalue weighted by Gasteiger charge is 2.45. The third kappa shape index (κ3) is 3.63. The van der Waals surface area contributed by atoms with Gasteiger partial charge in [0.1, 0.15) is 18.1 Å². The second-order valence-electron chi connectivity index (χ2n) is 6.96. The molecule has 132 valence electrons. The van der Waals surface area contributed by atoms with Gasteiger partial charge in [-0.25, -0.2) is 4.79 Å². The number of phenolic OH excluding ortho intramolecular Hbond substituents is 2. The van der Waals surface area contributed by atoms with E-state index in [1.165, 1.54) is 24.3 Å². The van der Waals surface area contributed by atoms with E-state index >= 15 is 0 Å². The molecule has 0 unspecified atom stereocenters. The van der Waals surface area contributed by atoms with E-state index in [9.17, 15) is 15.0 Å². The van der Waals surface area contributed by atoms with Gasteiger partial charge in [0.25, 0.3) is 0 Å². The number of benzene rings is 2. The van der Waals surface area contributed by atoms with Crippen molar-refractivity contribution in [1.29, 1.82) is 0 Å². The van der Waals surface area contributed by atoms with Crippen LogP contribution in [0.3, 0.4) is 0 Å². The summed E-state index contributed by atoms with van der Waals surface area (Å²) < 4.78 is 5.39. The number of rotatable bonds is 6. The van der Waals surface area contributed by atoms with Crippen LogP contribution in [0.15, 0.2) is 36.4 Å². The third-order valence-electron chi connectivity index (χ3n) is 4.99. The molecule has 0 aliphatic heterocycles. The largest absolute Gasteiger partial charge is 0.508 e. The number of hydrogen-bond donors (Lipinski definition) is 2. The maximum atomic E-state index is 12.1. The standard InChI is InChI=1S/C21H24O4/c1-3-8-21(9-10-21)18-12-15(11-14(2)19(18)23)13-25-20(24)16-4-6-17(22)7-5-16/h4-7,11-12,22-23H,3,8-10,13H2,1-2H3. The summed E-state index contributed by atoms with van der Waals surface area (Å²) in [7, 11) is 0. The van der Waals surface area contributed by atoms with Crippen LogP contribution in [0.4, 0.5) is 0 Å². The summed E-state index contributed by atoms with van der Waals surface area (Å²) in [6, 6.07) is 9.83. The third-order valence-corrected chi connectivity index (χ3v) is 4.99. The molecule has 1 aliphatic carbocycles. The Hall–Kier alpha value is -2.49. The molecule has 0 aromatic heterocycles. The number of esters is 1. The van der Waals surface area contributed by atoms with Crippen molar-refractivity contribution in [2.45, 2.75) is 51.6 Å². The van der Waals surface area contributed by atoms with Crippen LogP contribution in [0.1, 0.15) is 59.7 Å². The predicted molar refractivity (Wildman–Crippen MR) is 95.9 cm³/mol. The molecule has 1 aliphatic rings. The molecule has 2 N–H and O–H groups in total. The Morgan fingerprint density at radius 3 is 2.44 bits per heavy atom. The van der Waals surface area contributed by atoms with Crippen molar-refractivity contribution < 1.29 is 19.7 Å². The van der Waals surface area contributed by atoms with Crippen LogP contribution in [0.25, 0.3) is 0 Å². The van der Waals surface area contributed by atoms with Crippen molar-refractivity contribution in [3.63, 3.8) is 0 Å². The predicted octanol–water partition coefficient (Wildman–Crippen LogP) is 4.59. The zero-order valence-corrected chi connectivity index (χ0v) is 14.7. The molecule has 3 rings (SSSR count). The smallest absolute Gasteiger partial charge is 0.338 e. The lowest BCUT2D eigenvalue weighted by molar-refractivity contribution is 0.0472. The van der Waals surface area contributed by atoms with Gasteiger partial charge in [0.15, 0.2) is 0 Å². The molecule has 0 atom stereocenters. The zero-order valence-electron chi connectivity index (χ0n) is 14.7. The Morgan fingerprint density at radius 2 is 1.84 bits per heavy atom. The first-order chi connectivity index (χ1) is 11.9. The number of carbonyl (C=O) groups excluding carboxylic acids is 1. The molecule has 4 heteroatoms. The highest BCUT2D eigenvalue weighted by Crippen LogP contribution is 2.55. The monoisotopic (exact) mass is 340 g/mol. The van der Waals surface area contributed by atoms with Gasteiger partial charge < -0.3 is 14.9 Å². The summed E-state index contributed by atoms with van der Waals surface area (Å²) in [6.45, 7) is 4.20. The van der Waals surface area contributed by atoms with E-state index in [1.54, 1.807) is 0 Å². The fourth-order valence-electron chi connectivity index (χ4n) is 3.46. The van der Waals surface area contributed by atoms with E-state index in [0.29, 0.717) is 11.3 Å². The van der Waals surface area contributed by atoms with Crippen LogP contribution in [-0.4, -0.2) is 16.2 Å². The molecule has 1 fully saturated rings. The first kappa shape index (κ1) is 17.3. The molecule has 2 aromatic carbocycles. The minimum Gasteiger partial charge on any atom is -0.508 e. The van der Waals surface area contributed by atoms with E-state index in [2.05, 4.69) is 6.92 Å². The summed E-state index contributed by atoms with van der Waals surface area (Å²) in [5.74, 6) is 0.0579. The van der Waals surface area contributed by atoms with Crippen LogP contribution in [0.5, 0.6) is 11.5 Å². The number of aromatic hydroxyl groups is 2. The number of aryl methyl sites for hydroxylation is 1. The van der Waals surface area contributed by atoms with Gasteiger partial charge in [-0.1, -0.05) is 13.3 Å². The molecule has 2 aromatic rings. The van der Waals surface area contributed by atoms with Gasteiger partial charge in [0.2, 0.25) is 0 Å². The van der Waals surface area contributed by atoms with Gasteiger partial charge >= 0.3 is 5.97 Å². The van der Waals surface area contributed by atoms with Crippen LogP contribution in [-0.2, 0) is 16.8 Å². The Kier molecular flexibility index (Phi) is 4.71. The van der Waals surface area contributed by atoms with Crippen molar-refractivity contribution in [3.05, 3.63) is 58.7 Å². The molecule has 0 spiro atoms. The zero-order chi connectivity index (χ0) is 18.0. The summed E-state index contributed by atoms with van der Waals surface area (Å²) in [6.07, 6.45) is 4.35. The molecular formula is C21H24O4. The lowest BCUT2D eigenvalue weighted by Crippen LogP contribution is -2.09. The van der Waals surface area contributed by atoms with Crippen LogP contribution in [0.2, 0.25) is 0 Å². The minimum atomic E-state index is -0.429. The van der Waals surface area contributed by atoms with Gasteiger partial charge in [-0.3, -0.25) is 0 Å². The molecule has 0 saturated heterocycles. The van der Waals surface area contributed by atoms with Crippen molar-refractivity contribution in [3.8, 4) is 11.5 Å². The molecule has 25 heavy (non-hydrogen) atoms. The Morgan fingerprint density at radius 1 is 1.16 bits per heavy atom. The molecular weight excluding hydrogens is 316 g/mol. The van der Waals surface area contributed by atoms with Crippen LogP contribution in [0, 0.1) is 6.92 Å². The average molecular weight is 340 g/mol. The van der Waals surface area contributed by atoms with Gasteiger partial charge in [-0.05, 0) is 79.1 Å². The minimum absolute atomic E-state index is 0.0978. The topological polar surface area (TPSA) is 66.8 Å². The second-order valence-corrected chi connectivity index (χ2v) is 6.96. The fourth-order valence-corrected chi connectivity index (χ4v) is 3.46. The average Bonchev–Trinajstić information content (AvgIpc) is 3.37. The van der Waals surface area contributed by atoms with Crippen LogP contribution >= 0.6 is 0 Å². The maximum Gasteiger partial charge on any atom is 0.338 e. The van der Waals surface area contributed by atoms with Gasteiger partial charge in [-0.2, -0.15) is 0 Å². The highest BCUT2D eigenvalue weighted by molar-refractivity contribution is 5.89. The molecule has 1 saturated carbocycles.